The summed E-state index contributed by atoms with van der Waals surface area (Å²) in [5.41, 5.74) is -6.39. The summed E-state index contributed by atoms with van der Waals surface area (Å²) in [6, 6.07) is 0. The number of fused-ring (bicyclic) bond motifs is 4. The Kier molecular flexibility index (Phi) is 8.36. The van der Waals surface area contributed by atoms with Crippen LogP contribution in [-0.2, 0) is 19.0 Å². The van der Waals surface area contributed by atoms with Gasteiger partial charge in [0.2, 0.25) is 0 Å². The van der Waals surface area contributed by atoms with E-state index in [2.05, 4.69) is 18.6 Å². The van der Waals surface area contributed by atoms with Gasteiger partial charge in [0, 0.05) is 13.3 Å². The SMILES string of the molecule is CC(=O)OC(CC1CC2CC(OCOC(C)(CC3CC4CC3C(C)C4C)C(F)(F)F)C1C2)(C(F)F)C(F)(F)F. The lowest BCUT2D eigenvalue weighted by molar-refractivity contribution is -0.312. The number of hydrogen-bond donors (Lipinski definition) is 0. The third-order valence-corrected chi connectivity index (χ3v) is 10.6. The molecule has 0 amide bonds. The van der Waals surface area contributed by atoms with Gasteiger partial charge in [-0.15, -0.1) is 0 Å². The second-order valence-corrected chi connectivity index (χ2v) is 12.8. The average Bonchev–Trinajstić information content (AvgIpc) is 3.54. The Morgan fingerprint density at radius 3 is 1.97 bits per heavy atom. The minimum absolute atomic E-state index is 0.113. The molecule has 0 aliphatic heterocycles. The normalized spacial score (nSPS) is 39.3. The highest BCUT2D eigenvalue weighted by Gasteiger charge is 2.67. The smallest absolute Gasteiger partial charge is 0.434 e. The van der Waals surface area contributed by atoms with E-state index in [1.54, 1.807) is 0 Å². The number of alkyl halides is 8. The summed E-state index contributed by atoms with van der Waals surface area (Å²) in [5, 5.41) is 0. The van der Waals surface area contributed by atoms with Gasteiger partial charge in [0.05, 0.1) is 6.10 Å². The molecule has 4 aliphatic carbocycles. The van der Waals surface area contributed by atoms with Crippen LogP contribution in [0.5, 0.6) is 0 Å². The summed E-state index contributed by atoms with van der Waals surface area (Å²) in [5.74, 6) is -1.72. The molecule has 4 aliphatic rings. The summed E-state index contributed by atoms with van der Waals surface area (Å²) in [6.07, 6.45) is -13.5. The summed E-state index contributed by atoms with van der Waals surface area (Å²) >= 11 is 0. The van der Waals surface area contributed by atoms with Gasteiger partial charge in [-0.05, 0) is 92.8 Å². The molecule has 226 valence electrons. The molecular weight excluding hydrogens is 540 g/mol. The Bertz CT molecular complexity index is 892. The van der Waals surface area contributed by atoms with Crippen molar-refractivity contribution in [2.24, 2.45) is 47.3 Å². The maximum Gasteiger partial charge on any atom is 0.434 e. The molecule has 11 unspecified atom stereocenters. The van der Waals surface area contributed by atoms with Crippen LogP contribution in [0.15, 0.2) is 0 Å². The maximum atomic E-state index is 14.2. The Labute approximate surface area is 223 Å². The summed E-state index contributed by atoms with van der Waals surface area (Å²) in [4.78, 5) is 11.3. The molecule has 0 heterocycles. The van der Waals surface area contributed by atoms with Crippen molar-refractivity contribution < 1.29 is 54.1 Å². The molecule has 4 saturated carbocycles. The quantitative estimate of drug-likeness (QED) is 0.153. The summed E-state index contributed by atoms with van der Waals surface area (Å²) in [7, 11) is 0. The Hall–Kier alpha value is -1.17. The molecule has 11 atom stereocenters. The van der Waals surface area contributed by atoms with Crippen LogP contribution in [0.4, 0.5) is 35.1 Å². The minimum atomic E-state index is -5.50. The van der Waals surface area contributed by atoms with E-state index in [1.807, 2.05) is 0 Å². The molecule has 4 rings (SSSR count). The lowest BCUT2D eigenvalue weighted by Gasteiger charge is -2.40. The van der Waals surface area contributed by atoms with Crippen LogP contribution < -0.4 is 0 Å². The van der Waals surface area contributed by atoms with E-state index in [1.165, 1.54) is 0 Å². The second kappa shape index (κ2) is 10.6. The van der Waals surface area contributed by atoms with Gasteiger partial charge in [0.1, 0.15) is 6.79 Å². The third-order valence-electron chi connectivity index (χ3n) is 10.6. The third kappa shape index (κ3) is 5.66. The van der Waals surface area contributed by atoms with Crippen molar-refractivity contribution in [3.8, 4) is 0 Å². The molecule has 4 nitrogen and oxygen atoms in total. The minimum Gasteiger partial charge on any atom is -0.443 e. The van der Waals surface area contributed by atoms with Crippen LogP contribution >= 0.6 is 0 Å². The van der Waals surface area contributed by atoms with E-state index in [4.69, 9.17) is 9.47 Å². The molecular formula is C27H38F8O4. The van der Waals surface area contributed by atoms with Gasteiger partial charge < -0.3 is 14.2 Å². The lowest BCUT2D eigenvalue weighted by atomic mass is 9.72. The molecule has 4 fully saturated rings. The Balaban J connectivity index is 1.39. The van der Waals surface area contributed by atoms with Crippen molar-refractivity contribution >= 4 is 5.97 Å². The predicted molar refractivity (Wildman–Crippen MR) is 123 cm³/mol. The average molecular weight is 579 g/mol. The van der Waals surface area contributed by atoms with Crippen LogP contribution in [-0.4, -0.2) is 48.8 Å². The Morgan fingerprint density at radius 2 is 1.49 bits per heavy atom. The summed E-state index contributed by atoms with van der Waals surface area (Å²) < 4.78 is 127. The van der Waals surface area contributed by atoms with Gasteiger partial charge in [-0.3, -0.25) is 4.79 Å². The molecule has 4 bridgehead atoms. The standard InChI is InChI=1S/C27H38F8O4/c1-13-14(2)20-9-17(13)8-19(20)10-24(4,26(30,31)32)38-12-37-22-7-16-5-18(21(22)6-16)11-25(23(28)29,27(33,34)35)39-15(3)36/h13-14,16-23H,5-12H2,1-4H3. The van der Waals surface area contributed by atoms with Crippen LogP contribution in [0.25, 0.3) is 0 Å². The van der Waals surface area contributed by atoms with E-state index in [0.29, 0.717) is 37.5 Å². The number of carbonyl (C=O) groups excluding carboxylic acids is 1. The van der Waals surface area contributed by atoms with E-state index in [-0.39, 0.29) is 30.6 Å². The van der Waals surface area contributed by atoms with Gasteiger partial charge >= 0.3 is 18.3 Å². The van der Waals surface area contributed by atoms with Crippen LogP contribution in [0, 0.1) is 47.3 Å². The first-order valence-electron chi connectivity index (χ1n) is 13.7. The number of esters is 1. The van der Waals surface area contributed by atoms with Crippen molar-refractivity contribution in [1.29, 1.82) is 0 Å². The van der Waals surface area contributed by atoms with Crippen molar-refractivity contribution in [2.45, 2.75) is 109 Å². The van der Waals surface area contributed by atoms with E-state index < -0.39 is 67.1 Å². The first-order chi connectivity index (χ1) is 17.9. The molecule has 39 heavy (non-hydrogen) atoms. The molecule has 0 aromatic rings. The van der Waals surface area contributed by atoms with Crippen LogP contribution in [0.2, 0.25) is 0 Å². The van der Waals surface area contributed by atoms with Crippen molar-refractivity contribution in [3.63, 3.8) is 0 Å². The van der Waals surface area contributed by atoms with E-state index in [9.17, 15) is 39.9 Å². The first kappa shape index (κ1) is 30.8. The van der Waals surface area contributed by atoms with Gasteiger partial charge in [-0.2, -0.15) is 26.3 Å². The predicted octanol–water partition coefficient (Wildman–Crippen LogP) is 7.55. The van der Waals surface area contributed by atoms with E-state index >= 15 is 0 Å². The second-order valence-electron chi connectivity index (χ2n) is 12.8. The van der Waals surface area contributed by atoms with Gasteiger partial charge in [0.15, 0.2) is 5.60 Å². The van der Waals surface area contributed by atoms with E-state index in [0.717, 1.165) is 19.8 Å². The molecule has 0 N–H and O–H groups in total. The number of rotatable bonds is 10. The molecule has 0 aromatic carbocycles. The lowest BCUT2D eigenvalue weighted by Crippen LogP contribution is -2.56. The zero-order chi connectivity index (χ0) is 29.1. The van der Waals surface area contributed by atoms with Crippen LogP contribution in [0.3, 0.4) is 0 Å². The highest BCUT2D eigenvalue weighted by Crippen LogP contribution is 2.58. The van der Waals surface area contributed by atoms with Gasteiger partial charge in [-0.25, -0.2) is 8.78 Å². The Morgan fingerprint density at radius 1 is 0.846 bits per heavy atom. The topological polar surface area (TPSA) is 44.8 Å². The largest absolute Gasteiger partial charge is 0.443 e. The van der Waals surface area contributed by atoms with Gasteiger partial charge in [-0.1, -0.05) is 13.8 Å². The number of hydrogen-bond acceptors (Lipinski definition) is 4. The number of ether oxygens (including phenoxy) is 3. The highest BCUT2D eigenvalue weighted by molar-refractivity contribution is 5.66. The fraction of sp³-hybridized carbons (Fsp3) is 0.963. The molecule has 0 aromatic heterocycles. The molecule has 0 radical (unpaired) electrons. The zero-order valence-corrected chi connectivity index (χ0v) is 22.6. The van der Waals surface area contributed by atoms with Gasteiger partial charge in [0.25, 0.3) is 12.0 Å². The van der Waals surface area contributed by atoms with Crippen LogP contribution in [0.1, 0.15) is 72.6 Å². The molecule has 0 saturated heterocycles. The van der Waals surface area contributed by atoms with Crippen molar-refractivity contribution in [2.75, 3.05) is 6.79 Å². The van der Waals surface area contributed by atoms with Crippen molar-refractivity contribution in [1.82, 2.24) is 0 Å². The molecule has 12 heteroatoms. The fourth-order valence-electron chi connectivity index (χ4n) is 8.31. The zero-order valence-electron chi connectivity index (χ0n) is 22.6. The number of halogens is 8. The highest BCUT2D eigenvalue weighted by atomic mass is 19.4. The maximum absolute atomic E-state index is 14.2. The van der Waals surface area contributed by atoms with Crippen molar-refractivity contribution in [3.05, 3.63) is 0 Å². The number of carbonyl (C=O) groups is 1. The summed E-state index contributed by atoms with van der Waals surface area (Å²) in [6.45, 7) is 5.19. The molecule has 0 spiro atoms. The monoisotopic (exact) mass is 578 g/mol. The first-order valence-corrected chi connectivity index (χ1v) is 13.7. The fourth-order valence-corrected chi connectivity index (χ4v) is 8.31.